The number of anilines is 1. The second-order valence-electron chi connectivity index (χ2n) is 6.87. The number of likely N-dealkylation sites (N-methyl/N-ethyl adjacent to an activating group) is 1. The maximum atomic E-state index is 12.3. The number of nitrogens with one attached hydrogen (secondary N) is 1. The number of aromatic nitrogens is 1. The molecule has 132 valence electrons. The Bertz CT molecular complexity index is 527. The molecule has 2 amide bonds. The van der Waals surface area contributed by atoms with Crippen molar-refractivity contribution >= 4 is 11.8 Å². The highest BCUT2D eigenvalue weighted by molar-refractivity contribution is 5.74. The third-order valence-electron chi connectivity index (χ3n) is 4.94. The van der Waals surface area contributed by atoms with Crippen molar-refractivity contribution in [2.45, 2.75) is 32.2 Å². The molecule has 0 saturated carbocycles. The fourth-order valence-electron chi connectivity index (χ4n) is 3.37. The van der Waals surface area contributed by atoms with E-state index in [0.717, 1.165) is 57.1 Å². The van der Waals surface area contributed by atoms with Crippen molar-refractivity contribution < 1.29 is 4.79 Å². The highest BCUT2D eigenvalue weighted by atomic mass is 16.2. The van der Waals surface area contributed by atoms with Gasteiger partial charge in [-0.05, 0) is 50.9 Å². The number of pyridine rings is 1. The van der Waals surface area contributed by atoms with Crippen LogP contribution >= 0.6 is 0 Å². The van der Waals surface area contributed by atoms with Crippen LogP contribution in [0.2, 0.25) is 0 Å². The Balaban J connectivity index is 1.48. The van der Waals surface area contributed by atoms with Crippen LogP contribution in [0.3, 0.4) is 0 Å². The van der Waals surface area contributed by atoms with Gasteiger partial charge in [-0.15, -0.1) is 0 Å². The normalized spacial score (nSPS) is 19.9. The molecular formula is C18H29N5O. The van der Waals surface area contributed by atoms with Gasteiger partial charge < -0.3 is 20.0 Å². The van der Waals surface area contributed by atoms with E-state index in [4.69, 9.17) is 0 Å². The van der Waals surface area contributed by atoms with E-state index < -0.39 is 0 Å². The molecule has 6 nitrogen and oxygen atoms in total. The zero-order valence-corrected chi connectivity index (χ0v) is 14.7. The zero-order valence-electron chi connectivity index (χ0n) is 14.7. The SMILES string of the molecule is CN1CCCN(C(=O)NCc2ccc(N3CCCCC3)nc2)CC1. The third-order valence-corrected chi connectivity index (χ3v) is 4.94. The molecule has 2 fully saturated rings. The predicted octanol–water partition coefficient (Wildman–Crippen LogP) is 1.92. The van der Waals surface area contributed by atoms with E-state index >= 15 is 0 Å². The number of piperidine rings is 1. The lowest BCUT2D eigenvalue weighted by Gasteiger charge is -2.27. The lowest BCUT2D eigenvalue weighted by molar-refractivity contribution is 0.199. The summed E-state index contributed by atoms with van der Waals surface area (Å²) >= 11 is 0. The molecule has 2 aliphatic heterocycles. The monoisotopic (exact) mass is 331 g/mol. The molecule has 24 heavy (non-hydrogen) atoms. The number of carbonyl (C=O) groups excluding carboxylic acids is 1. The molecule has 1 N–H and O–H groups in total. The van der Waals surface area contributed by atoms with Crippen molar-refractivity contribution in [3.8, 4) is 0 Å². The molecule has 0 atom stereocenters. The number of amides is 2. The molecule has 0 spiro atoms. The summed E-state index contributed by atoms with van der Waals surface area (Å²) in [4.78, 5) is 23.4. The van der Waals surface area contributed by atoms with Gasteiger partial charge in [-0.1, -0.05) is 6.07 Å². The van der Waals surface area contributed by atoms with Gasteiger partial charge >= 0.3 is 6.03 Å². The molecule has 2 saturated heterocycles. The summed E-state index contributed by atoms with van der Waals surface area (Å²) in [6.45, 7) is 6.39. The molecule has 1 aromatic heterocycles. The maximum absolute atomic E-state index is 12.3. The van der Waals surface area contributed by atoms with Crippen LogP contribution in [0.25, 0.3) is 0 Å². The predicted molar refractivity (Wildman–Crippen MR) is 96.2 cm³/mol. The van der Waals surface area contributed by atoms with Crippen LogP contribution in [0.5, 0.6) is 0 Å². The van der Waals surface area contributed by atoms with E-state index in [2.05, 4.69) is 39.3 Å². The van der Waals surface area contributed by atoms with Gasteiger partial charge in [0.05, 0.1) is 0 Å². The van der Waals surface area contributed by atoms with E-state index in [0.29, 0.717) is 6.54 Å². The minimum Gasteiger partial charge on any atom is -0.357 e. The second-order valence-corrected chi connectivity index (χ2v) is 6.87. The van der Waals surface area contributed by atoms with Gasteiger partial charge in [-0.2, -0.15) is 0 Å². The third kappa shape index (κ3) is 4.60. The number of nitrogens with zero attached hydrogens (tertiary/aromatic N) is 4. The number of carbonyl (C=O) groups is 1. The van der Waals surface area contributed by atoms with Crippen LogP contribution < -0.4 is 10.2 Å². The van der Waals surface area contributed by atoms with Gasteiger partial charge in [0.2, 0.25) is 0 Å². The summed E-state index contributed by atoms with van der Waals surface area (Å²) in [5.41, 5.74) is 1.05. The van der Waals surface area contributed by atoms with Crippen molar-refractivity contribution in [2.75, 3.05) is 51.2 Å². The lowest BCUT2D eigenvalue weighted by Crippen LogP contribution is -2.41. The van der Waals surface area contributed by atoms with Crippen molar-refractivity contribution in [1.82, 2.24) is 20.1 Å². The first-order valence-corrected chi connectivity index (χ1v) is 9.13. The Kier molecular flexibility index (Phi) is 5.91. The van der Waals surface area contributed by atoms with E-state index in [9.17, 15) is 4.79 Å². The van der Waals surface area contributed by atoms with Gasteiger partial charge in [-0.25, -0.2) is 9.78 Å². The Hall–Kier alpha value is -1.82. The van der Waals surface area contributed by atoms with Crippen molar-refractivity contribution in [3.05, 3.63) is 23.9 Å². The Morgan fingerprint density at radius 2 is 1.88 bits per heavy atom. The Morgan fingerprint density at radius 1 is 1.04 bits per heavy atom. The summed E-state index contributed by atoms with van der Waals surface area (Å²) in [5, 5.41) is 3.03. The summed E-state index contributed by atoms with van der Waals surface area (Å²) in [6, 6.07) is 4.19. The van der Waals surface area contributed by atoms with Gasteiger partial charge in [0.25, 0.3) is 0 Å². The Morgan fingerprint density at radius 3 is 2.62 bits per heavy atom. The molecule has 0 radical (unpaired) electrons. The fraction of sp³-hybridized carbons (Fsp3) is 0.667. The molecule has 1 aromatic rings. The van der Waals surface area contributed by atoms with Crippen LogP contribution in [0.4, 0.5) is 10.6 Å². The topological polar surface area (TPSA) is 51.7 Å². The molecule has 0 unspecified atom stereocenters. The molecule has 0 bridgehead atoms. The zero-order chi connectivity index (χ0) is 16.8. The number of urea groups is 1. The standard InChI is InChI=1S/C18H29N5O/c1-21-8-5-11-23(13-12-21)18(24)20-15-16-6-7-17(19-14-16)22-9-3-2-4-10-22/h6-7,14H,2-5,8-13,15H2,1H3,(H,20,24). The molecule has 0 aromatic carbocycles. The maximum Gasteiger partial charge on any atom is 0.317 e. The van der Waals surface area contributed by atoms with Crippen LogP contribution in [-0.4, -0.2) is 67.1 Å². The van der Waals surface area contributed by atoms with Crippen LogP contribution in [0, 0.1) is 0 Å². The van der Waals surface area contributed by atoms with Gasteiger partial charge in [-0.3, -0.25) is 0 Å². The van der Waals surface area contributed by atoms with Gasteiger partial charge in [0, 0.05) is 45.5 Å². The van der Waals surface area contributed by atoms with Crippen LogP contribution in [0.15, 0.2) is 18.3 Å². The summed E-state index contributed by atoms with van der Waals surface area (Å²) in [6.07, 6.45) is 6.76. The average Bonchev–Trinajstić information content (AvgIpc) is 2.85. The minimum absolute atomic E-state index is 0.0328. The minimum atomic E-state index is 0.0328. The molecular weight excluding hydrogens is 302 g/mol. The summed E-state index contributed by atoms with van der Waals surface area (Å²) < 4.78 is 0. The number of rotatable bonds is 3. The molecule has 3 rings (SSSR count). The molecule has 6 heteroatoms. The Labute approximate surface area is 144 Å². The van der Waals surface area contributed by atoms with Gasteiger partial charge in [0.1, 0.15) is 5.82 Å². The summed E-state index contributed by atoms with van der Waals surface area (Å²) in [5.74, 6) is 1.06. The van der Waals surface area contributed by atoms with E-state index in [-0.39, 0.29) is 6.03 Å². The quantitative estimate of drug-likeness (QED) is 0.919. The fourth-order valence-corrected chi connectivity index (χ4v) is 3.37. The second kappa shape index (κ2) is 8.33. The smallest absolute Gasteiger partial charge is 0.317 e. The lowest BCUT2D eigenvalue weighted by atomic mass is 10.1. The van der Waals surface area contributed by atoms with E-state index in [1.807, 2.05) is 11.1 Å². The van der Waals surface area contributed by atoms with Crippen LogP contribution in [-0.2, 0) is 6.54 Å². The van der Waals surface area contributed by atoms with Gasteiger partial charge in [0.15, 0.2) is 0 Å². The van der Waals surface area contributed by atoms with Crippen molar-refractivity contribution in [3.63, 3.8) is 0 Å². The van der Waals surface area contributed by atoms with E-state index in [1.54, 1.807) is 0 Å². The van der Waals surface area contributed by atoms with Crippen molar-refractivity contribution in [2.24, 2.45) is 0 Å². The molecule has 0 aliphatic carbocycles. The molecule has 2 aliphatic rings. The number of hydrogen-bond acceptors (Lipinski definition) is 4. The first-order chi connectivity index (χ1) is 11.7. The number of hydrogen-bond donors (Lipinski definition) is 1. The largest absolute Gasteiger partial charge is 0.357 e. The highest BCUT2D eigenvalue weighted by Gasteiger charge is 2.17. The van der Waals surface area contributed by atoms with Crippen molar-refractivity contribution in [1.29, 1.82) is 0 Å². The highest BCUT2D eigenvalue weighted by Crippen LogP contribution is 2.17. The molecule has 3 heterocycles. The van der Waals surface area contributed by atoms with E-state index in [1.165, 1.54) is 19.3 Å². The first kappa shape index (κ1) is 17.0. The first-order valence-electron chi connectivity index (χ1n) is 9.13. The average molecular weight is 331 g/mol. The summed E-state index contributed by atoms with van der Waals surface area (Å²) in [7, 11) is 2.11. The van der Waals surface area contributed by atoms with Crippen LogP contribution in [0.1, 0.15) is 31.2 Å².